The standard InChI is InChI=1S/C46H75FN11O9P/c1-7-8-9-10-11-12-13-14-15-16-17-18-19-20-21-22-56(24-33-40(67-68(60,61)66-31(4)5)36(47)45(64-33)57-28-54-37-41(48)50-26-52-43(37)57)35(59)23-32-34(25-63-30(2)3)65-46(39(32)62-6)58-29-55-38-42(49)51-27-53-44(38)58/h26-34,36,39-40,45-46H,7-25H2,1-6H3,(H,60,61)(H2,48,50,52)(H2,49,51,53)/t32-,33-,34-,36-,39-,40-,45-,46-/m1/s1. The first-order valence-electron chi connectivity index (χ1n) is 24.7. The van der Waals surface area contributed by atoms with E-state index in [0.717, 1.165) is 25.7 Å². The van der Waals surface area contributed by atoms with E-state index in [1.54, 1.807) is 36.8 Å². The summed E-state index contributed by atoms with van der Waals surface area (Å²) >= 11 is 0. The number of phosphoric acid groups is 1. The zero-order valence-electron chi connectivity index (χ0n) is 40.7. The number of anilines is 2. The van der Waals surface area contributed by atoms with Crippen LogP contribution in [0, 0.1) is 5.92 Å². The second-order valence-electron chi connectivity index (χ2n) is 18.7. The number of amides is 1. The minimum atomic E-state index is -4.83. The summed E-state index contributed by atoms with van der Waals surface area (Å²) in [5.41, 5.74) is 13.4. The average molecular weight is 976 g/mol. The number of nitrogens with zero attached hydrogens (tertiary/aromatic N) is 9. The summed E-state index contributed by atoms with van der Waals surface area (Å²) in [7, 11) is -3.27. The van der Waals surface area contributed by atoms with E-state index in [0.29, 0.717) is 24.1 Å². The number of fused-ring (bicyclic) bond motifs is 2. The lowest BCUT2D eigenvalue weighted by Crippen LogP contribution is -2.45. The summed E-state index contributed by atoms with van der Waals surface area (Å²) in [5, 5.41) is 0. The van der Waals surface area contributed by atoms with Gasteiger partial charge in [-0.05, 0) is 34.1 Å². The molecular formula is C46H75FN11O9P. The molecule has 0 spiro atoms. The fourth-order valence-electron chi connectivity index (χ4n) is 9.28. The van der Waals surface area contributed by atoms with Crippen LogP contribution in [0.1, 0.15) is 150 Å². The van der Waals surface area contributed by atoms with Crippen LogP contribution in [0.3, 0.4) is 0 Å². The van der Waals surface area contributed by atoms with E-state index in [1.165, 1.54) is 87.8 Å². The van der Waals surface area contributed by atoms with E-state index >= 15 is 4.39 Å². The highest BCUT2D eigenvalue weighted by Gasteiger charge is 2.52. The van der Waals surface area contributed by atoms with E-state index in [4.69, 9.17) is 39.5 Å². The minimum absolute atomic E-state index is 0.0539. The summed E-state index contributed by atoms with van der Waals surface area (Å²) in [6.45, 7) is 9.48. The van der Waals surface area contributed by atoms with Gasteiger partial charge in [-0.25, -0.2) is 38.9 Å². The third-order valence-corrected chi connectivity index (χ3v) is 13.9. The highest BCUT2D eigenvalue weighted by Crippen LogP contribution is 2.50. The van der Waals surface area contributed by atoms with Crippen molar-refractivity contribution in [2.45, 2.75) is 193 Å². The van der Waals surface area contributed by atoms with Gasteiger partial charge >= 0.3 is 7.82 Å². The molecule has 9 atom stereocenters. The van der Waals surface area contributed by atoms with Crippen molar-refractivity contribution in [3.05, 3.63) is 25.3 Å². The number of imidazole rings is 2. The molecule has 6 heterocycles. The van der Waals surface area contributed by atoms with Gasteiger partial charge in [-0.2, -0.15) is 0 Å². The Hall–Kier alpha value is -3.95. The Labute approximate surface area is 399 Å². The number of hydrogen-bond donors (Lipinski definition) is 3. The Kier molecular flexibility index (Phi) is 20.2. The summed E-state index contributed by atoms with van der Waals surface area (Å²) in [5.74, 6) is -0.527. The van der Waals surface area contributed by atoms with Crippen molar-refractivity contribution in [1.82, 2.24) is 43.9 Å². The molecule has 0 aromatic carbocycles. The van der Waals surface area contributed by atoms with Crippen LogP contribution in [0.15, 0.2) is 25.3 Å². The third kappa shape index (κ3) is 14.1. The van der Waals surface area contributed by atoms with Gasteiger partial charge in [-0.1, -0.05) is 96.8 Å². The molecule has 0 bridgehead atoms. The maximum Gasteiger partial charge on any atom is 0.472 e. The lowest BCUT2D eigenvalue weighted by atomic mass is 9.93. The van der Waals surface area contributed by atoms with Crippen molar-refractivity contribution in [2.75, 3.05) is 38.3 Å². The van der Waals surface area contributed by atoms with Gasteiger partial charge in [0.25, 0.3) is 0 Å². The van der Waals surface area contributed by atoms with E-state index in [2.05, 4.69) is 36.8 Å². The molecule has 1 amide bonds. The van der Waals surface area contributed by atoms with Crippen molar-refractivity contribution < 1.29 is 46.6 Å². The van der Waals surface area contributed by atoms with Crippen molar-refractivity contribution in [2.24, 2.45) is 5.92 Å². The van der Waals surface area contributed by atoms with Crippen molar-refractivity contribution in [3.8, 4) is 0 Å². The number of halogens is 1. The molecule has 2 saturated heterocycles. The largest absolute Gasteiger partial charge is 0.472 e. The number of carbonyl (C=O) groups is 1. The van der Waals surface area contributed by atoms with Gasteiger partial charge in [0.15, 0.2) is 41.6 Å². The third-order valence-electron chi connectivity index (χ3n) is 12.7. The number of methoxy groups -OCH3 is 1. The molecule has 2 aliphatic rings. The van der Waals surface area contributed by atoms with Crippen LogP contribution in [-0.4, -0.2) is 124 Å². The van der Waals surface area contributed by atoms with E-state index in [1.807, 2.05) is 13.8 Å². The molecule has 68 heavy (non-hydrogen) atoms. The molecule has 4 aromatic heterocycles. The zero-order valence-corrected chi connectivity index (χ0v) is 41.6. The van der Waals surface area contributed by atoms with Gasteiger partial charge in [-0.15, -0.1) is 0 Å². The number of nitrogens with two attached hydrogens (primary N) is 2. The van der Waals surface area contributed by atoms with Crippen LogP contribution in [-0.2, 0) is 37.4 Å². The molecule has 380 valence electrons. The Bertz CT molecular complexity index is 2220. The van der Waals surface area contributed by atoms with E-state index in [-0.39, 0.29) is 54.4 Å². The molecule has 4 aromatic rings. The number of nitrogen functional groups attached to an aromatic ring is 2. The predicted molar refractivity (Wildman–Crippen MR) is 255 cm³/mol. The molecule has 2 aliphatic heterocycles. The quantitative estimate of drug-likeness (QED) is 0.0330. The molecule has 0 aliphatic carbocycles. The van der Waals surface area contributed by atoms with Crippen molar-refractivity contribution in [1.29, 1.82) is 0 Å². The molecule has 0 saturated carbocycles. The fraction of sp³-hybridized carbons (Fsp3) is 0.761. The van der Waals surface area contributed by atoms with Crippen LogP contribution in [0.2, 0.25) is 0 Å². The Balaban J connectivity index is 1.20. The monoisotopic (exact) mass is 976 g/mol. The molecule has 20 nitrogen and oxygen atoms in total. The first-order chi connectivity index (χ1) is 32.7. The fourth-order valence-corrected chi connectivity index (χ4v) is 10.4. The molecule has 1 unspecified atom stereocenters. The zero-order chi connectivity index (χ0) is 48.8. The number of unbranched alkanes of at least 4 members (excludes halogenated alkanes) is 14. The summed E-state index contributed by atoms with van der Waals surface area (Å²) < 4.78 is 69.4. The van der Waals surface area contributed by atoms with E-state index in [9.17, 15) is 14.3 Å². The van der Waals surface area contributed by atoms with Crippen molar-refractivity contribution in [3.63, 3.8) is 0 Å². The molecular weight excluding hydrogens is 901 g/mol. The molecule has 6 rings (SSSR count). The van der Waals surface area contributed by atoms with Gasteiger partial charge in [0.05, 0.1) is 37.6 Å². The first kappa shape index (κ1) is 53.4. The number of carbonyl (C=O) groups excluding carboxylic acids is 1. The average Bonchev–Trinajstić information content (AvgIpc) is 4.07. The van der Waals surface area contributed by atoms with Crippen LogP contribution in [0.25, 0.3) is 22.3 Å². The van der Waals surface area contributed by atoms with E-state index < -0.39 is 62.9 Å². The lowest BCUT2D eigenvalue weighted by Gasteiger charge is -2.31. The number of phosphoric ester groups is 1. The molecule has 5 N–H and O–H groups in total. The van der Waals surface area contributed by atoms with Gasteiger partial charge in [-0.3, -0.25) is 23.0 Å². The summed E-state index contributed by atoms with van der Waals surface area (Å²) in [4.78, 5) is 52.9. The number of ether oxygens (including phenoxy) is 4. The topological polar surface area (TPSA) is 252 Å². The normalized spacial score (nSPS) is 24.0. The predicted octanol–water partition coefficient (Wildman–Crippen LogP) is 8.02. The maximum absolute atomic E-state index is 16.9. The second-order valence-corrected chi connectivity index (χ2v) is 20.0. The van der Waals surface area contributed by atoms with Crippen molar-refractivity contribution >= 4 is 47.7 Å². The SMILES string of the molecule is CCCCCCCCCCCCCCCCCN(C[C@H]1O[C@@H](n2cnc3c(N)ncnc32)[C@H](F)[C@@H]1OP(=O)(O)OC(C)C)C(=O)C[C@H]1[C@@H](OC)[C@H](n2cnc3c(N)ncnc32)O[C@@H]1COC(C)C. The van der Waals surface area contributed by atoms with Crippen LogP contribution in [0.4, 0.5) is 16.0 Å². The van der Waals surface area contributed by atoms with Crippen LogP contribution < -0.4 is 11.5 Å². The van der Waals surface area contributed by atoms with Gasteiger partial charge in [0, 0.05) is 32.5 Å². The van der Waals surface area contributed by atoms with Gasteiger partial charge in [0.1, 0.15) is 42.0 Å². The summed E-state index contributed by atoms with van der Waals surface area (Å²) in [6, 6.07) is 0. The van der Waals surface area contributed by atoms with Crippen LogP contribution in [0.5, 0.6) is 0 Å². The first-order valence-corrected chi connectivity index (χ1v) is 26.1. The number of rotatable bonds is 30. The maximum atomic E-state index is 16.9. The second kappa shape index (κ2) is 25.8. The highest BCUT2D eigenvalue weighted by molar-refractivity contribution is 7.47. The van der Waals surface area contributed by atoms with Crippen LogP contribution >= 0.6 is 7.82 Å². The summed E-state index contributed by atoms with van der Waals surface area (Å²) in [6.07, 6.45) is 13.9. The van der Waals surface area contributed by atoms with Gasteiger partial charge < -0.3 is 40.2 Å². The number of alkyl halides is 1. The molecule has 22 heteroatoms. The Morgan fingerprint density at radius 1 is 0.765 bits per heavy atom. The lowest BCUT2D eigenvalue weighted by molar-refractivity contribution is -0.137. The smallest absolute Gasteiger partial charge is 0.382 e. The molecule has 2 fully saturated rings. The molecule has 0 radical (unpaired) electrons. The Morgan fingerprint density at radius 2 is 1.28 bits per heavy atom. The minimum Gasteiger partial charge on any atom is -0.382 e. The number of hydrogen-bond acceptors (Lipinski definition) is 16. The highest BCUT2D eigenvalue weighted by atomic mass is 31.2. The Morgan fingerprint density at radius 3 is 1.79 bits per heavy atom. The van der Waals surface area contributed by atoms with Gasteiger partial charge in [0.2, 0.25) is 5.91 Å². The number of aromatic nitrogens is 8.